The molecule has 4 aromatic rings. The molecule has 0 aliphatic carbocycles. The zero-order chi connectivity index (χ0) is 20.5. The SMILES string of the molecule is CC(C)n1ccc2ccc(C(=O)NCCn3c(=O)c(=O)[nH]c4ccccc43)cc21. The van der Waals surface area contributed by atoms with Crippen molar-refractivity contribution in [2.45, 2.75) is 26.4 Å². The maximum atomic E-state index is 12.6. The molecule has 2 N–H and O–H groups in total. The summed E-state index contributed by atoms with van der Waals surface area (Å²) in [4.78, 5) is 39.3. The summed E-state index contributed by atoms with van der Waals surface area (Å²) in [5.41, 5.74) is 1.47. The molecule has 7 nitrogen and oxygen atoms in total. The minimum Gasteiger partial charge on any atom is -0.350 e. The fourth-order valence-electron chi connectivity index (χ4n) is 3.57. The highest BCUT2D eigenvalue weighted by molar-refractivity contribution is 5.98. The van der Waals surface area contributed by atoms with Crippen LogP contribution in [0.1, 0.15) is 30.2 Å². The average Bonchev–Trinajstić information content (AvgIpc) is 3.14. The van der Waals surface area contributed by atoms with Crippen molar-refractivity contribution < 1.29 is 4.79 Å². The minimum absolute atomic E-state index is 0.208. The number of hydrogen-bond donors (Lipinski definition) is 2. The summed E-state index contributed by atoms with van der Waals surface area (Å²) in [6.07, 6.45) is 2.02. The molecule has 2 heterocycles. The van der Waals surface area contributed by atoms with Crippen molar-refractivity contribution in [3.05, 3.63) is 81.0 Å². The van der Waals surface area contributed by atoms with Crippen molar-refractivity contribution in [1.82, 2.24) is 19.4 Å². The Bertz CT molecular complexity index is 1330. The monoisotopic (exact) mass is 390 g/mol. The molecule has 0 aliphatic rings. The Hall–Kier alpha value is -3.61. The quantitative estimate of drug-likeness (QED) is 0.514. The van der Waals surface area contributed by atoms with Crippen LogP contribution < -0.4 is 16.4 Å². The Labute approximate surface area is 166 Å². The summed E-state index contributed by atoms with van der Waals surface area (Å²) in [6.45, 7) is 4.63. The van der Waals surface area contributed by atoms with Gasteiger partial charge in [-0.25, -0.2) is 0 Å². The van der Waals surface area contributed by atoms with Crippen molar-refractivity contribution in [3.63, 3.8) is 0 Å². The van der Waals surface area contributed by atoms with Crippen LogP contribution in [0.15, 0.2) is 64.3 Å². The van der Waals surface area contributed by atoms with Crippen molar-refractivity contribution in [3.8, 4) is 0 Å². The molecule has 29 heavy (non-hydrogen) atoms. The van der Waals surface area contributed by atoms with Crippen molar-refractivity contribution >= 4 is 27.8 Å². The largest absolute Gasteiger partial charge is 0.350 e. The van der Waals surface area contributed by atoms with E-state index in [1.807, 2.05) is 24.4 Å². The zero-order valence-electron chi connectivity index (χ0n) is 16.3. The third-order valence-electron chi connectivity index (χ3n) is 5.05. The normalized spacial score (nSPS) is 11.4. The highest BCUT2D eigenvalue weighted by atomic mass is 16.2. The van der Waals surface area contributed by atoms with E-state index in [0.717, 1.165) is 10.9 Å². The number of aromatic amines is 1. The minimum atomic E-state index is -0.671. The van der Waals surface area contributed by atoms with Gasteiger partial charge in [0.1, 0.15) is 0 Å². The Morgan fingerprint density at radius 2 is 1.86 bits per heavy atom. The third-order valence-corrected chi connectivity index (χ3v) is 5.05. The van der Waals surface area contributed by atoms with Gasteiger partial charge in [0.25, 0.3) is 5.91 Å². The van der Waals surface area contributed by atoms with E-state index < -0.39 is 11.1 Å². The van der Waals surface area contributed by atoms with Crippen LogP contribution >= 0.6 is 0 Å². The predicted octanol–water partition coefficient (Wildman–Crippen LogP) is 2.66. The standard InChI is InChI=1S/C22H22N4O3/c1-14(2)25-11-9-15-7-8-16(13-19(15)25)20(27)23-10-12-26-18-6-4-3-5-17(18)24-21(28)22(26)29/h3-9,11,13-14H,10,12H2,1-2H3,(H,23,27)(H,24,28). The van der Waals surface area contributed by atoms with Gasteiger partial charge in [-0.05, 0) is 49.6 Å². The lowest BCUT2D eigenvalue weighted by Crippen LogP contribution is -2.39. The molecule has 0 atom stereocenters. The number of aromatic nitrogens is 3. The molecule has 4 rings (SSSR count). The van der Waals surface area contributed by atoms with Gasteiger partial charge in [0.05, 0.1) is 11.0 Å². The maximum absolute atomic E-state index is 12.6. The van der Waals surface area contributed by atoms with Crippen LogP contribution in [0, 0.1) is 0 Å². The van der Waals surface area contributed by atoms with Gasteiger partial charge < -0.3 is 19.4 Å². The average molecular weight is 390 g/mol. The first-order valence-electron chi connectivity index (χ1n) is 9.56. The van der Waals surface area contributed by atoms with E-state index in [4.69, 9.17) is 0 Å². The highest BCUT2D eigenvalue weighted by Gasteiger charge is 2.11. The van der Waals surface area contributed by atoms with Crippen LogP contribution in [0.5, 0.6) is 0 Å². The molecule has 0 radical (unpaired) electrons. The highest BCUT2D eigenvalue weighted by Crippen LogP contribution is 2.21. The van der Waals surface area contributed by atoms with Gasteiger partial charge in [-0.1, -0.05) is 18.2 Å². The van der Waals surface area contributed by atoms with E-state index in [9.17, 15) is 14.4 Å². The fraction of sp³-hybridized carbons (Fsp3) is 0.227. The Balaban J connectivity index is 1.54. The molecular formula is C22H22N4O3. The van der Waals surface area contributed by atoms with Crippen LogP contribution in [-0.4, -0.2) is 26.6 Å². The second-order valence-corrected chi connectivity index (χ2v) is 7.27. The van der Waals surface area contributed by atoms with E-state index in [1.165, 1.54) is 4.57 Å². The van der Waals surface area contributed by atoms with Crippen LogP contribution in [-0.2, 0) is 6.54 Å². The van der Waals surface area contributed by atoms with Crippen LogP contribution in [0.25, 0.3) is 21.9 Å². The number of hydrogen-bond acceptors (Lipinski definition) is 3. The predicted molar refractivity (Wildman–Crippen MR) is 113 cm³/mol. The van der Waals surface area contributed by atoms with Gasteiger partial charge >= 0.3 is 11.1 Å². The number of carbonyl (C=O) groups excluding carboxylic acids is 1. The second kappa shape index (κ2) is 7.43. The van der Waals surface area contributed by atoms with Gasteiger partial charge in [-0.15, -0.1) is 0 Å². The molecule has 2 aromatic heterocycles. The molecule has 0 bridgehead atoms. The number of nitrogens with zero attached hydrogens (tertiary/aromatic N) is 2. The van der Waals surface area contributed by atoms with E-state index in [2.05, 4.69) is 28.7 Å². The van der Waals surface area contributed by atoms with Gasteiger partial charge in [0.2, 0.25) is 0 Å². The molecule has 0 fully saturated rings. The number of nitrogens with one attached hydrogen (secondary N) is 2. The first kappa shape index (κ1) is 18.7. The van der Waals surface area contributed by atoms with E-state index in [-0.39, 0.29) is 19.0 Å². The van der Waals surface area contributed by atoms with Gasteiger partial charge in [-0.3, -0.25) is 14.4 Å². The first-order chi connectivity index (χ1) is 14.0. The Morgan fingerprint density at radius 3 is 2.66 bits per heavy atom. The van der Waals surface area contributed by atoms with E-state index in [1.54, 1.807) is 30.3 Å². The topological polar surface area (TPSA) is 88.9 Å². The van der Waals surface area contributed by atoms with E-state index in [0.29, 0.717) is 22.6 Å². The van der Waals surface area contributed by atoms with Crippen LogP contribution in [0.3, 0.4) is 0 Å². The molecule has 7 heteroatoms. The number of benzene rings is 2. The molecular weight excluding hydrogens is 368 g/mol. The molecule has 0 spiro atoms. The van der Waals surface area contributed by atoms with Crippen molar-refractivity contribution in [2.75, 3.05) is 6.54 Å². The maximum Gasteiger partial charge on any atom is 0.316 e. The summed E-state index contributed by atoms with van der Waals surface area (Å²) in [6, 6.07) is 15.0. The Kier molecular flexibility index (Phi) is 4.80. The smallest absolute Gasteiger partial charge is 0.316 e. The fourth-order valence-corrected chi connectivity index (χ4v) is 3.57. The number of amides is 1. The number of carbonyl (C=O) groups is 1. The number of para-hydroxylation sites is 2. The molecule has 0 saturated heterocycles. The molecule has 0 aliphatic heterocycles. The lowest BCUT2D eigenvalue weighted by molar-refractivity contribution is 0.0952. The molecule has 0 unspecified atom stereocenters. The molecule has 0 saturated carbocycles. The number of rotatable bonds is 5. The summed E-state index contributed by atoms with van der Waals surface area (Å²) in [7, 11) is 0. The van der Waals surface area contributed by atoms with Gasteiger partial charge in [0.15, 0.2) is 0 Å². The molecule has 148 valence electrons. The number of fused-ring (bicyclic) bond motifs is 2. The van der Waals surface area contributed by atoms with Crippen LogP contribution in [0.4, 0.5) is 0 Å². The van der Waals surface area contributed by atoms with Crippen LogP contribution in [0.2, 0.25) is 0 Å². The molecule has 2 aromatic carbocycles. The Morgan fingerprint density at radius 1 is 1.07 bits per heavy atom. The first-order valence-corrected chi connectivity index (χ1v) is 9.56. The lowest BCUT2D eigenvalue weighted by atomic mass is 10.1. The summed E-state index contributed by atoms with van der Waals surface area (Å²) in [5.74, 6) is -0.217. The third kappa shape index (κ3) is 3.47. The summed E-state index contributed by atoms with van der Waals surface area (Å²) >= 11 is 0. The molecule has 1 amide bonds. The lowest BCUT2D eigenvalue weighted by Gasteiger charge is -2.12. The van der Waals surface area contributed by atoms with Gasteiger partial charge in [0, 0.05) is 36.4 Å². The second-order valence-electron chi connectivity index (χ2n) is 7.27. The number of H-pyrrole nitrogens is 1. The zero-order valence-corrected chi connectivity index (χ0v) is 16.3. The van der Waals surface area contributed by atoms with Crippen molar-refractivity contribution in [1.29, 1.82) is 0 Å². The van der Waals surface area contributed by atoms with E-state index >= 15 is 0 Å². The summed E-state index contributed by atoms with van der Waals surface area (Å²) in [5, 5.41) is 3.92. The van der Waals surface area contributed by atoms with Gasteiger partial charge in [-0.2, -0.15) is 0 Å². The van der Waals surface area contributed by atoms with Crippen molar-refractivity contribution in [2.24, 2.45) is 0 Å². The summed E-state index contributed by atoms with van der Waals surface area (Å²) < 4.78 is 3.51.